The number of imide groups is 1. The molecular weight excluding hydrogens is 384 g/mol. The molecule has 30 heavy (non-hydrogen) atoms. The van der Waals surface area contributed by atoms with Crippen LogP contribution in [0.1, 0.15) is 27.6 Å². The molecule has 0 saturated carbocycles. The number of carbonyl (C=O) groups excluding carboxylic acids is 3. The van der Waals surface area contributed by atoms with Crippen molar-refractivity contribution < 1.29 is 14.4 Å². The minimum Gasteiger partial charge on any atom is -0.326 e. The Bertz CT molecular complexity index is 1330. The van der Waals surface area contributed by atoms with Gasteiger partial charge < -0.3 is 5.32 Å². The van der Waals surface area contributed by atoms with Gasteiger partial charge in [0.15, 0.2) is 5.65 Å². The van der Waals surface area contributed by atoms with Gasteiger partial charge in [0.2, 0.25) is 5.91 Å². The van der Waals surface area contributed by atoms with Crippen molar-refractivity contribution >= 4 is 40.1 Å². The van der Waals surface area contributed by atoms with Gasteiger partial charge in [0.05, 0.1) is 27.9 Å². The van der Waals surface area contributed by atoms with Crippen molar-refractivity contribution in [3.8, 4) is 11.3 Å². The molecule has 0 unspecified atom stereocenters. The predicted molar refractivity (Wildman–Crippen MR) is 109 cm³/mol. The van der Waals surface area contributed by atoms with Crippen molar-refractivity contribution in [2.75, 3.05) is 10.2 Å². The van der Waals surface area contributed by atoms with Gasteiger partial charge in [0.1, 0.15) is 0 Å². The third kappa shape index (κ3) is 2.64. The number of rotatable bonds is 3. The predicted octanol–water partition coefficient (Wildman–Crippen LogP) is 2.78. The summed E-state index contributed by atoms with van der Waals surface area (Å²) in [6.07, 6.45) is 4.66. The zero-order valence-electron chi connectivity index (χ0n) is 15.7. The molecule has 0 atom stereocenters. The molecule has 1 aliphatic heterocycles. The van der Waals surface area contributed by atoms with Crippen LogP contribution in [0.4, 0.5) is 11.4 Å². The Morgan fingerprint density at radius 2 is 1.87 bits per heavy atom. The van der Waals surface area contributed by atoms with Crippen LogP contribution in [-0.2, 0) is 4.79 Å². The summed E-state index contributed by atoms with van der Waals surface area (Å²) in [6, 6.07) is 10.1. The molecule has 0 bridgehead atoms. The quantitative estimate of drug-likeness (QED) is 0.512. The SMILES string of the molecule is CC(=O)Nc1ccc(N2C(=O)c3cnc4n[nH]c(-c5cccnc5)c4c3C2=O)cc1. The molecule has 1 aromatic carbocycles. The molecule has 0 saturated heterocycles. The monoisotopic (exact) mass is 398 g/mol. The summed E-state index contributed by atoms with van der Waals surface area (Å²) >= 11 is 0. The maximum atomic E-state index is 13.3. The minimum absolute atomic E-state index is 0.208. The van der Waals surface area contributed by atoms with E-state index in [1.54, 1.807) is 42.7 Å². The zero-order valence-corrected chi connectivity index (χ0v) is 15.7. The average molecular weight is 398 g/mol. The Kier molecular flexibility index (Phi) is 3.88. The first kappa shape index (κ1) is 17.7. The number of benzene rings is 1. The number of pyridine rings is 2. The van der Waals surface area contributed by atoms with Crippen LogP contribution in [0.3, 0.4) is 0 Å². The number of nitrogens with zero attached hydrogens (tertiary/aromatic N) is 4. The number of amides is 3. The molecule has 4 heterocycles. The van der Waals surface area contributed by atoms with E-state index in [4.69, 9.17) is 0 Å². The molecule has 2 N–H and O–H groups in total. The van der Waals surface area contributed by atoms with E-state index in [0.29, 0.717) is 28.1 Å². The van der Waals surface area contributed by atoms with Crippen molar-refractivity contribution in [3.63, 3.8) is 0 Å². The number of hydrogen-bond acceptors (Lipinski definition) is 6. The van der Waals surface area contributed by atoms with Crippen LogP contribution in [0, 0.1) is 0 Å². The molecule has 3 aromatic heterocycles. The number of nitrogens with one attached hydrogen (secondary N) is 2. The first-order valence-electron chi connectivity index (χ1n) is 9.08. The second-order valence-corrected chi connectivity index (χ2v) is 6.76. The van der Waals surface area contributed by atoms with Crippen LogP contribution in [0.25, 0.3) is 22.3 Å². The van der Waals surface area contributed by atoms with Crippen LogP contribution < -0.4 is 10.2 Å². The lowest BCUT2D eigenvalue weighted by Crippen LogP contribution is -2.29. The number of aromatic amines is 1. The molecule has 1 aliphatic rings. The summed E-state index contributed by atoms with van der Waals surface area (Å²) in [5.41, 5.74) is 3.08. The van der Waals surface area contributed by atoms with Gasteiger partial charge in [0, 0.05) is 36.8 Å². The van der Waals surface area contributed by atoms with E-state index in [-0.39, 0.29) is 17.0 Å². The van der Waals surface area contributed by atoms with Gasteiger partial charge in [-0.1, -0.05) is 0 Å². The lowest BCUT2D eigenvalue weighted by molar-refractivity contribution is -0.114. The first-order chi connectivity index (χ1) is 14.5. The molecule has 4 aromatic rings. The maximum absolute atomic E-state index is 13.3. The second kappa shape index (κ2) is 6.59. The highest BCUT2D eigenvalue weighted by molar-refractivity contribution is 6.38. The molecule has 3 amide bonds. The van der Waals surface area contributed by atoms with Crippen molar-refractivity contribution in [1.82, 2.24) is 20.2 Å². The molecule has 0 radical (unpaired) electrons. The average Bonchev–Trinajstić information content (AvgIpc) is 3.28. The largest absolute Gasteiger partial charge is 0.326 e. The smallest absolute Gasteiger partial charge is 0.267 e. The number of carbonyl (C=O) groups is 3. The molecule has 9 heteroatoms. The van der Waals surface area contributed by atoms with E-state index in [1.165, 1.54) is 13.1 Å². The molecule has 0 aliphatic carbocycles. The minimum atomic E-state index is -0.463. The van der Waals surface area contributed by atoms with Crippen LogP contribution in [0.15, 0.2) is 55.0 Å². The molecule has 146 valence electrons. The van der Waals surface area contributed by atoms with E-state index in [1.807, 2.05) is 6.07 Å². The molecule has 9 nitrogen and oxygen atoms in total. The van der Waals surface area contributed by atoms with E-state index in [0.717, 1.165) is 10.5 Å². The molecule has 0 fully saturated rings. The first-order valence-corrected chi connectivity index (χ1v) is 9.08. The lowest BCUT2D eigenvalue weighted by atomic mass is 10.0. The molecular formula is C21H14N6O3. The summed E-state index contributed by atoms with van der Waals surface area (Å²) in [7, 11) is 0. The Hall–Kier alpha value is -4.40. The van der Waals surface area contributed by atoms with E-state index >= 15 is 0 Å². The third-order valence-electron chi connectivity index (χ3n) is 4.83. The van der Waals surface area contributed by atoms with Gasteiger partial charge in [-0.3, -0.25) is 24.5 Å². The maximum Gasteiger partial charge on any atom is 0.267 e. The Morgan fingerprint density at radius 1 is 1.07 bits per heavy atom. The Balaban J connectivity index is 1.62. The topological polar surface area (TPSA) is 121 Å². The normalized spacial score (nSPS) is 13.0. The standard InChI is InChI=1S/C21H14N6O3/c1-11(28)24-13-4-6-14(7-5-13)27-20(29)15-10-23-19-17(16(15)21(27)30)18(25-26-19)12-3-2-8-22-9-12/h2-10H,1H3,(H,24,28)(H,23,25,26). The van der Waals surface area contributed by atoms with Gasteiger partial charge in [-0.25, -0.2) is 9.88 Å². The van der Waals surface area contributed by atoms with Crippen LogP contribution in [-0.4, -0.2) is 37.9 Å². The zero-order chi connectivity index (χ0) is 20.8. The van der Waals surface area contributed by atoms with Crippen LogP contribution in [0.5, 0.6) is 0 Å². The fraction of sp³-hybridized carbons (Fsp3) is 0.0476. The summed E-state index contributed by atoms with van der Waals surface area (Å²) in [5.74, 6) is -1.13. The summed E-state index contributed by atoms with van der Waals surface area (Å²) in [4.78, 5) is 47.0. The lowest BCUT2D eigenvalue weighted by Gasteiger charge is -2.14. The van der Waals surface area contributed by atoms with E-state index < -0.39 is 11.8 Å². The molecule has 0 spiro atoms. The number of aromatic nitrogens is 4. The van der Waals surface area contributed by atoms with Gasteiger partial charge in [-0.2, -0.15) is 5.10 Å². The Morgan fingerprint density at radius 3 is 2.57 bits per heavy atom. The fourth-order valence-electron chi connectivity index (χ4n) is 3.55. The van der Waals surface area contributed by atoms with Crippen molar-refractivity contribution in [1.29, 1.82) is 0 Å². The summed E-state index contributed by atoms with van der Waals surface area (Å²) in [6.45, 7) is 1.40. The number of hydrogen-bond donors (Lipinski definition) is 2. The van der Waals surface area contributed by atoms with E-state index in [9.17, 15) is 14.4 Å². The summed E-state index contributed by atoms with van der Waals surface area (Å²) in [5, 5.41) is 10.2. The summed E-state index contributed by atoms with van der Waals surface area (Å²) < 4.78 is 0. The second-order valence-electron chi connectivity index (χ2n) is 6.76. The van der Waals surface area contributed by atoms with Gasteiger partial charge in [0.25, 0.3) is 11.8 Å². The molecule has 5 rings (SSSR count). The third-order valence-corrected chi connectivity index (χ3v) is 4.83. The highest BCUT2D eigenvalue weighted by Gasteiger charge is 2.40. The van der Waals surface area contributed by atoms with Gasteiger partial charge in [-0.05, 0) is 36.4 Å². The van der Waals surface area contributed by atoms with Crippen molar-refractivity contribution in [2.24, 2.45) is 0 Å². The number of fused-ring (bicyclic) bond motifs is 3. The fourth-order valence-corrected chi connectivity index (χ4v) is 3.55. The van der Waals surface area contributed by atoms with Gasteiger partial charge in [-0.15, -0.1) is 0 Å². The highest BCUT2D eigenvalue weighted by atomic mass is 16.2. The van der Waals surface area contributed by atoms with Gasteiger partial charge >= 0.3 is 0 Å². The Labute approximate surface area is 169 Å². The highest BCUT2D eigenvalue weighted by Crippen LogP contribution is 2.36. The number of anilines is 2. The van der Waals surface area contributed by atoms with Crippen LogP contribution >= 0.6 is 0 Å². The van der Waals surface area contributed by atoms with Crippen molar-refractivity contribution in [3.05, 3.63) is 66.1 Å². The van der Waals surface area contributed by atoms with E-state index in [2.05, 4.69) is 25.5 Å². The van der Waals surface area contributed by atoms with Crippen LogP contribution in [0.2, 0.25) is 0 Å². The number of H-pyrrole nitrogens is 1. The van der Waals surface area contributed by atoms with Crippen molar-refractivity contribution in [2.45, 2.75) is 6.92 Å².